The molecule has 0 saturated carbocycles. The molecular formula is C27H26N2O3. The van der Waals surface area contributed by atoms with Gasteiger partial charge in [0.05, 0.1) is 25.7 Å². The molecule has 0 aliphatic carbocycles. The molecule has 1 N–H and O–H groups in total. The van der Waals surface area contributed by atoms with Gasteiger partial charge < -0.3 is 14.8 Å². The quantitative estimate of drug-likeness (QED) is 0.406. The molecule has 0 bridgehead atoms. The lowest BCUT2D eigenvalue weighted by molar-refractivity contribution is -0.115. The lowest BCUT2D eigenvalue weighted by atomic mass is 9.92. The number of amides is 1. The lowest BCUT2D eigenvalue weighted by Gasteiger charge is -2.16. The molecule has 0 unspecified atom stereocenters. The number of carbonyl (C=O) groups is 1. The minimum Gasteiger partial charge on any atom is -0.493 e. The number of methoxy groups -OCH3 is 1. The predicted octanol–water partition coefficient (Wildman–Crippen LogP) is 5.80. The zero-order valence-corrected chi connectivity index (χ0v) is 18.5. The first-order valence-electron chi connectivity index (χ1n) is 10.6. The van der Waals surface area contributed by atoms with E-state index >= 15 is 0 Å². The van der Waals surface area contributed by atoms with E-state index in [2.05, 4.69) is 23.5 Å². The summed E-state index contributed by atoms with van der Waals surface area (Å²) in [6.45, 7) is 4.38. The van der Waals surface area contributed by atoms with E-state index in [-0.39, 0.29) is 12.3 Å². The van der Waals surface area contributed by atoms with Gasteiger partial charge in [0.25, 0.3) is 0 Å². The Bertz CT molecular complexity index is 1250. The number of fused-ring (bicyclic) bond motifs is 1. The number of ether oxygens (including phenoxy) is 2. The molecule has 0 radical (unpaired) electrons. The van der Waals surface area contributed by atoms with Gasteiger partial charge in [-0.25, -0.2) is 0 Å². The molecule has 5 heteroatoms. The number of benzene rings is 3. The number of pyridine rings is 1. The van der Waals surface area contributed by atoms with Crippen LogP contribution >= 0.6 is 0 Å². The molecule has 3 aromatic carbocycles. The molecular weight excluding hydrogens is 400 g/mol. The zero-order chi connectivity index (χ0) is 22.5. The summed E-state index contributed by atoms with van der Waals surface area (Å²) < 4.78 is 11.0. The Labute approximate surface area is 188 Å². The number of hydrogen-bond donors (Lipinski definition) is 1. The maximum atomic E-state index is 13.1. The monoisotopic (exact) mass is 426 g/mol. The van der Waals surface area contributed by atoms with Gasteiger partial charge in [0, 0.05) is 22.8 Å². The highest BCUT2D eigenvalue weighted by Gasteiger charge is 2.17. The Hall–Kier alpha value is -3.86. The number of anilines is 1. The van der Waals surface area contributed by atoms with Gasteiger partial charge in [0.15, 0.2) is 11.5 Å². The van der Waals surface area contributed by atoms with Crippen LogP contribution in [0.1, 0.15) is 18.2 Å². The molecule has 5 nitrogen and oxygen atoms in total. The maximum Gasteiger partial charge on any atom is 0.228 e. The molecule has 4 aromatic rings. The summed E-state index contributed by atoms with van der Waals surface area (Å²) in [5.74, 6) is 1.11. The summed E-state index contributed by atoms with van der Waals surface area (Å²) in [5.41, 5.74) is 5.47. The number of aryl methyl sites for hydroxylation is 1. The fourth-order valence-corrected chi connectivity index (χ4v) is 3.91. The average molecular weight is 427 g/mol. The number of aromatic nitrogens is 1. The Morgan fingerprint density at radius 1 is 0.969 bits per heavy atom. The molecule has 1 amide bonds. The first-order valence-corrected chi connectivity index (χ1v) is 10.6. The average Bonchev–Trinajstić information content (AvgIpc) is 2.80. The second kappa shape index (κ2) is 9.52. The van der Waals surface area contributed by atoms with Crippen LogP contribution in [-0.2, 0) is 11.2 Å². The topological polar surface area (TPSA) is 60.5 Å². The molecule has 0 aliphatic rings. The minimum absolute atomic E-state index is 0.116. The summed E-state index contributed by atoms with van der Waals surface area (Å²) in [4.78, 5) is 17.8. The van der Waals surface area contributed by atoms with Gasteiger partial charge in [0.1, 0.15) is 0 Å². The second-order valence-corrected chi connectivity index (χ2v) is 7.46. The first-order chi connectivity index (χ1) is 15.6. The Balaban J connectivity index is 1.69. The van der Waals surface area contributed by atoms with Crippen molar-refractivity contribution in [3.63, 3.8) is 0 Å². The Morgan fingerprint density at radius 3 is 2.47 bits per heavy atom. The van der Waals surface area contributed by atoms with Crippen LogP contribution in [0, 0.1) is 6.92 Å². The Morgan fingerprint density at radius 2 is 1.72 bits per heavy atom. The molecule has 162 valence electrons. The second-order valence-electron chi connectivity index (χ2n) is 7.46. The van der Waals surface area contributed by atoms with Crippen LogP contribution in [0.3, 0.4) is 0 Å². The third-order valence-corrected chi connectivity index (χ3v) is 5.35. The van der Waals surface area contributed by atoms with Crippen LogP contribution in [0.4, 0.5) is 5.69 Å². The van der Waals surface area contributed by atoms with Crippen molar-refractivity contribution in [1.82, 2.24) is 4.98 Å². The molecule has 0 fully saturated rings. The van der Waals surface area contributed by atoms with Crippen molar-refractivity contribution in [2.75, 3.05) is 19.0 Å². The fourth-order valence-electron chi connectivity index (χ4n) is 3.91. The van der Waals surface area contributed by atoms with Crippen molar-refractivity contribution in [2.24, 2.45) is 0 Å². The van der Waals surface area contributed by atoms with E-state index in [1.54, 1.807) is 19.2 Å². The molecule has 0 aliphatic heterocycles. The van der Waals surface area contributed by atoms with Crippen LogP contribution in [0.5, 0.6) is 11.5 Å². The minimum atomic E-state index is -0.116. The van der Waals surface area contributed by atoms with Crippen LogP contribution in [-0.4, -0.2) is 24.6 Å². The number of nitrogens with one attached hydrogen (secondary N) is 1. The van der Waals surface area contributed by atoms with Crippen LogP contribution in [0.25, 0.3) is 22.0 Å². The molecule has 32 heavy (non-hydrogen) atoms. The Kier molecular flexibility index (Phi) is 6.36. The molecule has 0 saturated heterocycles. The van der Waals surface area contributed by atoms with Gasteiger partial charge in [-0.1, -0.05) is 48.5 Å². The fraction of sp³-hybridized carbons (Fsp3) is 0.185. The highest BCUT2D eigenvalue weighted by molar-refractivity contribution is 6.00. The standard InChI is InChI=1S/C27H26N2O3/c1-4-32-25-16-20(14-15-24(25)31-3)29-26(30)17-22-18(2)28-23-13-9-8-12-21(23)27(22)19-10-6-5-7-11-19/h5-16H,4,17H2,1-3H3,(H,29,30). The number of rotatable bonds is 7. The van der Waals surface area contributed by atoms with Crippen LogP contribution in [0.15, 0.2) is 72.8 Å². The largest absolute Gasteiger partial charge is 0.493 e. The lowest BCUT2D eigenvalue weighted by Crippen LogP contribution is -2.16. The number of hydrogen-bond acceptors (Lipinski definition) is 4. The van der Waals surface area contributed by atoms with E-state index in [0.29, 0.717) is 23.8 Å². The SMILES string of the molecule is CCOc1cc(NC(=O)Cc2c(C)nc3ccccc3c2-c2ccccc2)ccc1OC. The zero-order valence-electron chi connectivity index (χ0n) is 18.5. The molecule has 1 heterocycles. The van der Waals surface area contributed by atoms with Gasteiger partial charge >= 0.3 is 0 Å². The molecule has 0 spiro atoms. The van der Waals surface area contributed by atoms with Gasteiger partial charge in [0.2, 0.25) is 5.91 Å². The van der Waals surface area contributed by atoms with Gasteiger partial charge in [-0.2, -0.15) is 0 Å². The molecule has 1 aromatic heterocycles. The maximum absolute atomic E-state index is 13.1. The van der Waals surface area contributed by atoms with E-state index in [0.717, 1.165) is 33.3 Å². The van der Waals surface area contributed by atoms with Crippen LogP contribution < -0.4 is 14.8 Å². The van der Waals surface area contributed by atoms with Crippen molar-refractivity contribution >= 4 is 22.5 Å². The van der Waals surface area contributed by atoms with Crippen molar-refractivity contribution in [3.05, 3.63) is 84.1 Å². The van der Waals surface area contributed by atoms with Crippen molar-refractivity contribution in [2.45, 2.75) is 20.3 Å². The van der Waals surface area contributed by atoms with Crippen molar-refractivity contribution in [3.8, 4) is 22.6 Å². The molecule has 0 atom stereocenters. The summed E-state index contributed by atoms with van der Waals surface area (Å²) in [5, 5.41) is 4.03. The van der Waals surface area contributed by atoms with Crippen molar-refractivity contribution < 1.29 is 14.3 Å². The first kappa shape index (κ1) is 21.4. The smallest absolute Gasteiger partial charge is 0.228 e. The van der Waals surface area contributed by atoms with Gasteiger partial charge in [-0.3, -0.25) is 9.78 Å². The normalized spacial score (nSPS) is 10.7. The molecule has 4 rings (SSSR count). The van der Waals surface area contributed by atoms with Gasteiger partial charge in [-0.05, 0) is 48.7 Å². The third-order valence-electron chi connectivity index (χ3n) is 5.35. The third kappa shape index (κ3) is 4.42. The van der Waals surface area contributed by atoms with Gasteiger partial charge in [-0.15, -0.1) is 0 Å². The van der Waals surface area contributed by atoms with E-state index < -0.39 is 0 Å². The highest BCUT2D eigenvalue weighted by atomic mass is 16.5. The van der Waals surface area contributed by atoms with Crippen molar-refractivity contribution in [1.29, 1.82) is 0 Å². The summed E-state index contributed by atoms with van der Waals surface area (Å²) in [7, 11) is 1.59. The van der Waals surface area contributed by atoms with E-state index in [4.69, 9.17) is 14.5 Å². The summed E-state index contributed by atoms with van der Waals surface area (Å²) in [6.07, 6.45) is 0.212. The highest BCUT2D eigenvalue weighted by Crippen LogP contribution is 2.34. The van der Waals surface area contributed by atoms with Crippen LogP contribution in [0.2, 0.25) is 0 Å². The van der Waals surface area contributed by atoms with E-state index in [1.165, 1.54) is 0 Å². The van der Waals surface area contributed by atoms with E-state index in [9.17, 15) is 4.79 Å². The predicted molar refractivity (Wildman–Crippen MR) is 128 cm³/mol. The summed E-state index contributed by atoms with van der Waals surface area (Å²) in [6, 6.07) is 23.6. The number of para-hydroxylation sites is 1. The summed E-state index contributed by atoms with van der Waals surface area (Å²) >= 11 is 0. The number of carbonyl (C=O) groups excluding carboxylic acids is 1. The van der Waals surface area contributed by atoms with E-state index in [1.807, 2.05) is 56.3 Å². The number of nitrogens with zero attached hydrogens (tertiary/aromatic N) is 1.